The smallest absolute Gasteiger partial charge is 0.00980 e. The van der Waals surface area contributed by atoms with Crippen LogP contribution in [0.25, 0.3) is 0 Å². The Bertz CT molecular complexity index is 172. The zero-order chi connectivity index (χ0) is 9.80. The second-order valence-corrected chi connectivity index (χ2v) is 5.92. The molecule has 3 unspecified atom stereocenters. The lowest BCUT2D eigenvalue weighted by molar-refractivity contribution is 0.351. The molecule has 0 aromatic carbocycles. The molecule has 0 heterocycles. The van der Waals surface area contributed by atoms with Gasteiger partial charge in [-0.15, -0.1) is 0 Å². The van der Waals surface area contributed by atoms with Gasteiger partial charge in [0.25, 0.3) is 0 Å². The van der Waals surface area contributed by atoms with Crippen molar-refractivity contribution in [3.8, 4) is 0 Å². The molecule has 3 atom stereocenters. The number of nitrogens with one attached hydrogen (secondary N) is 1. The predicted octanol–water partition coefficient (Wildman–Crippen LogP) is 2.91. The summed E-state index contributed by atoms with van der Waals surface area (Å²) >= 11 is 1.97. The average Bonchev–Trinajstić information content (AvgIpc) is 2.79. The number of unbranched alkanes of at least 4 members (excludes halogenated alkanes) is 1. The molecule has 1 N–H and O–H groups in total. The largest absolute Gasteiger partial charge is 0.314 e. The molecule has 0 spiro atoms. The minimum Gasteiger partial charge on any atom is -0.314 e. The fraction of sp³-hybridized carbons (Fsp3) is 1.00. The first-order valence-corrected chi connectivity index (χ1v) is 7.52. The summed E-state index contributed by atoms with van der Waals surface area (Å²) in [5, 5.41) is 3.76. The van der Waals surface area contributed by atoms with Gasteiger partial charge in [-0.3, -0.25) is 0 Å². The van der Waals surface area contributed by atoms with E-state index in [-0.39, 0.29) is 0 Å². The van der Waals surface area contributed by atoms with E-state index in [9.17, 15) is 0 Å². The van der Waals surface area contributed by atoms with E-state index < -0.39 is 0 Å². The van der Waals surface area contributed by atoms with Gasteiger partial charge in [-0.2, -0.15) is 11.8 Å². The molecule has 14 heavy (non-hydrogen) atoms. The van der Waals surface area contributed by atoms with Gasteiger partial charge in [-0.05, 0) is 62.5 Å². The maximum atomic E-state index is 3.76. The summed E-state index contributed by atoms with van der Waals surface area (Å²) in [5.74, 6) is 3.46. The van der Waals surface area contributed by atoms with E-state index in [1.54, 1.807) is 0 Å². The normalized spacial score (nSPS) is 35.4. The highest BCUT2D eigenvalue weighted by molar-refractivity contribution is 7.98. The molecule has 0 saturated heterocycles. The van der Waals surface area contributed by atoms with Gasteiger partial charge in [0.2, 0.25) is 0 Å². The lowest BCUT2D eigenvalue weighted by Crippen LogP contribution is -2.34. The van der Waals surface area contributed by atoms with Crippen molar-refractivity contribution < 1.29 is 0 Å². The fourth-order valence-corrected chi connectivity index (χ4v) is 3.65. The fourth-order valence-electron chi connectivity index (χ4n) is 3.15. The van der Waals surface area contributed by atoms with Crippen molar-refractivity contribution in [3.63, 3.8) is 0 Å². The van der Waals surface area contributed by atoms with Crippen molar-refractivity contribution in [3.05, 3.63) is 0 Å². The minimum atomic E-state index is 0.892. The second-order valence-electron chi connectivity index (χ2n) is 4.94. The van der Waals surface area contributed by atoms with Crippen molar-refractivity contribution in [2.24, 2.45) is 11.8 Å². The molecule has 2 saturated carbocycles. The molecule has 2 aliphatic carbocycles. The summed E-state index contributed by atoms with van der Waals surface area (Å²) in [6.07, 6.45) is 11.0. The highest BCUT2D eigenvalue weighted by Gasteiger charge is 2.38. The Morgan fingerprint density at radius 1 is 1.21 bits per heavy atom. The molecule has 82 valence electrons. The maximum Gasteiger partial charge on any atom is 0.00980 e. The first kappa shape index (κ1) is 10.8. The standard InChI is InChI=1S/C12H23NS/c1-14-7-3-2-6-13-12-9-10-4-5-11(12)8-10/h10-13H,2-9H2,1H3. The zero-order valence-corrected chi connectivity index (χ0v) is 10.1. The number of hydrogen-bond acceptors (Lipinski definition) is 2. The van der Waals surface area contributed by atoms with Gasteiger partial charge in [0.15, 0.2) is 0 Å². The Balaban J connectivity index is 1.54. The van der Waals surface area contributed by atoms with Gasteiger partial charge < -0.3 is 5.32 Å². The molecule has 0 aliphatic heterocycles. The van der Waals surface area contributed by atoms with Crippen LogP contribution in [-0.4, -0.2) is 24.6 Å². The number of hydrogen-bond donors (Lipinski definition) is 1. The highest BCUT2D eigenvalue weighted by Crippen LogP contribution is 2.44. The summed E-state index contributed by atoms with van der Waals surface area (Å²) in [6, 6.07) is 0.892. The van der Waals surface area contributed by atoms with Gasteiger partial charge in [0.05, 0.1) is 0 Å². The van der Waals surface area contributed by atoms with Gasteiger partial charge >= 0.3 is 0 Å². The molecule has 2 heteroatoms. The number of fused-ring (bicyclic) bond motifs is 2. The zero-order valence-electron chi connectivity index (χ0n) is 9.30. The Kier molecular flexibility index (Phi) is 4.18. The molecule has 2 aliphatic rings. The first-order valence-electron chi connectivity index (χ1n) is 6.12. The van der Waals surface area contributed by atoms with Crippen LogP contribution in [0.5, 0.6) is 0 Å². The van der Waals surface area contributed by atoms with Crippen molar-refractivity contribution in [2.75, 3.05) is 18.6 Å². The molecule has 0 radical (unpaired) electrons. The summed E-state index contributed by atoms with van der Waals surface area (Å²) in [5.41, 5.74) is 0. The topological polar surface area (TPSA) is 12.0 Å². The van der Waals surface area contributed by atoms with Crippen LogP contribution in [0.1, 0.15) is 38.5 Å². The van der Waals surface area contributed by atoms with Crippen molar-refractivity contribution in [2.45, 2.75) is 44.6 Å². The first-order chi connectivity index (χ1) is 6.90. The summed E-state index contributed by atoms with van der Waals surface area (Å²) < 4.78 is 0. The third kappa shape index (κ3) is 2.66. The molecule has 2 bridgehead atoms. The Hall–Kier alpha value is 0.310. The van der Waals surface area contributed by atoms with Gasteiger partial charge in [-0.1, -0.05) is 6.42 Å². The van der Waals surface area contributed by atoms with Gasteiger partial charge in [0, 0.05) is 6.04 Å². The SMILES string of the molecule is CSCCCCNC1CC2CCC1C2. The molecule has 2 rings (SSSR count). The molecular formula is C12H23NS. The second kappa shape index (κ2) is 5.41. The molecular weight excluding hydrogens is 190 g/mol. The Morgan fingerprint density at radius 2 is 2.14 bits per heavy atom. The van der Waals surface area contributed by atoms with Crippen LogP contribution < -0.4 is 5.32 Å². The van der Waals surface area contributed by atoms with E-state index >= 15 is 0 Å². The van der Waals surface area contributed by atoms with E-state index in [4.69, 9.17) is 0 Å². The molecule has 1 nitrogen and oxygen atoms in total. The minimum absolute atomic E-state index is 0.892. The van der Waals surface area contributed by atoms with Crippen LogP contribution in [0.15, 0.2) is 0 Å². The molecule has 0 aromatic rings. The van der Waals surface area contributed by atoms with Crippen molar-refractivity contribution >= 4 is 11.8 Å². The van der Waals surface area contributed by atoms with Crippen LogP contribution in [0.3, 0.4) is 0 Å². The maximum absolute atomic E-state index is 3.76. The lowest BCUT2D eigenvalue weighted by Gasteiger charge is -2.22. The van der Waals surface area contributed by atoms with Gasteiger partial charge in [-0.25, -0.2) is 0 Å². The Labute approximate surface area is 92.4 Å². The van der Waals surface area contributed by atoms with E-state index in [0.717, 1.165) is 17.9 Å². The molecule has 0 amide bonds. The van der Waals surface area contributed by atoms with Crippen LogP contribution in [0.2, 0.25) is 0 Å². The van der Waals surface area contributed by atoms with E-state index in [0.29, 0.717) is 0 Å². The van der Waals surface area contributed by atoms with Crippen molar-refractivity contribution in [1.82, 2.24) is 5.32 Å². The van der Waals surface area contributed by atoms with Crippen LogP contribution in [0.4, 0.5) is 0 Å². The van der Waals surface area contributed by atoms with Crippen molar-refractivity contribution in [1.29, 1.82) is 0 Å². The quantitative estimate of drug-likeness (QED) is 0.681. The van der Waals surface area contributed by atoms with Crippen LogP contribution in [0, 0.1) is 11.8 Å². The van der Waals surface area contributed by atoms with Gasteiger partial charge in [0.1, 0.15) is 0 Å². The average molecular weight is 213 g/mol. The van der Waals surface area contributed by atoms with Crippen LogP contribution >= 0.6 is 11.8 Å². The number of rotatable bonds is 6. The third-order valence-electron chi connectivity index (χ3n) is 3.92. The Morgan fingerprint density at radius 3 is 2.79 bits per heavy atom. The molecule has 2 fully saturated rings. The monoisotopic (exact) mass is 213 g/mol. The van der Waals surface area contributed by atoms with E-state index in [2.05, 4.69) is 11.6 Å². The predicted molar refractivity (Wildman–Crippen MR) is 64.9 cm³/mol. The summed E-state index contributed by atoms with van der Waals surface area (Å²) in [6.45, 7) is 1.26. The molecule has 0 aromatic heterocycles. The van der Waals surface area contributed by atoms with E-state index in [1.807, 2.05) is 11.8 Å². The van der Waals surface area contributed by atoms with E-state index in [1.165, 1.54) is 50.8 Å². The lowest BCUT2D eigenvalue weighted by atomic mass is 9.95. The van der Waals surface area contributed by atoms with Crippen LogP contribution in [-0.2, 0) is 0 Å². The highest BCUT2D eigenvalue weighted by atomic mass is 32.2. The third-order valence-corrected chi connectivity index (χ3v) is 4.62. The number of thioether (sulfide) groups is 1. The summed E-state index contributed by atoms with van der Waals surface area (Å²) in [4.78, 5) is 0. The summed E-state index contributed by atoms with van der Waals surface area (Å²) in [7, 11) is 0.